The number of pyridine rings is 1. The van der Waals surface area contributed by atoms with Gasteiger partial charge in [0.1, 0.15) is 12.4 Å². The van der Waals surface area contributed by atoms with E-state index in [-0.39, 0.29) is 24.5 Å². The summed E-state index contributed by atoms with van der Waals surface area (Å²) in [5.74, 6) is 0.894. The molecule has 1 saturated heterocycles. The zero-order valence-electron chi connectivity index (χ0n) is 21.8. The van der Waals surface area contributed by atoms with Crippen molar-refractivity contribution in [3.05, 3.63) is 84.3 Å². The third kappa shape index (κ3) is 7.27. The highest BCUT2D eigenvalue weighted by molar-refractivity contribution is 5.79. The molecule has 0 aliphatic carbocycles. The molecule has 0 unspecified atom stereocenters. The molecular weight excluding hydrogens is 466 g/mol. The molecule has 37 heavy (non-hydrogen) atoms. The minimum Gasteiger partial charge on any atom is -0.365 e. The van der Waals surface area contributed by atoms with Gasteiger partial charge >= 0.3 is 0 Å². The highest BCUT2D eigenvalue weighted by Crippen LogP contribution is 2.16. The Bertz CT molecular complexity index is 1130. The number of hydrogen-bond acceptors (Lipinski definition) is 5. The minimum atomic E-state index is -0.264. The molecule has 1 aliphatic rings. The summed E-state index contributed by atoms with van der Waals surface area (Å²) in [4.78, 5) is 36.2. The van der Waals surface area contributed by atoms with Crippen LogP contribution >= 0.6 is 0 Å². The lowest BCUT2D eigenvalue weighted by molar-refractivity contribution is -0.138. The first-order valence-corrected chi connectivity index (χ1v) is 13.1. The van der Waals surface area contributed by atoms with E-state index in [0.717, 1.165) is 17.9 Å². The van der Waals surface area contributed by atoms with Crippen molar-refractivity contribution in [2.45, 2.75) is 32.9 Å². The fourth-order valence-electron chi connectivity index (χ4n) is 4.75. The summed E-state index contributed by atoms with van der Waals surface area (Å²) in [7, 11) is 0. The average molecular weight is 504 g/mol. The van der Waals surface area contributed by atoms with E-state index in [2.05, 4.69) is 28.1 Å². The molecule has 3 aromatic rings. The lowest BCUT2D eigenvalue weighted by Gasteiger charge is -2.26. The first kappa shape index (κ1) is 26.6. The molecule has 4 rings (SSSR count). The third-order valence-electron chi connectivity index (χ3n) is 6.78. The predicted molar refractivity (Wildman–Crippen MR) is 143 cm³/mol. The van der Waals surface area contributed by atoms with Crippen molar-refractivity contribution in [3.8, 4) is 5.82 Å². The molecule has 0 spiro atoms. The van der Waals surface area contributed by atoms with Crippen molar-refractivity contribution in [3.63, 3.8) is 0 Å². The van der Waals surface area contributed by atoms with E-state index in [1.807, 2.05) is 72.0 Å². The molecule has 8 heteroatoms. The number of carbonyl (C=O) groups excluding carboxylic acids is 2. The maximum atomic E-state index is 13.3. The maximum Gasteiger partial charge on any atom is 0.248 e. The zero-order chi connectivity index (χ0) is 26.0. The van der Waals surface area contributed by atoms with Gasteiger partial charge in [-0.25, -0.2) is 4.98 Å². The van der Waals surface area contributed by atoms with Crippen LogP contribution in [0.1, 0.15) is 25.1 Å². The quantitative estimate of drug-likeness (QED) is 0.402. The number of aromatic nitrogens is 2. The molecule has 2 aromatic heterocycles. The van der Waals surface area contributed by atoms with Crippen LogP contribution in [0.25, 0.3) is 5.82 Å². The molecule has 1 aliphatic heterocycles. The van der Waals surface area contributed by atoms with Crippen molar-refractivity contribution in [2.24, 2.45) is 0 Å². The lowest BCUT2D eigenvalue weighted by atomic mass is 10.1. The zero-order valence-corrected chi connectivity index (χ0v) is 21.8. The molecular formula is C29H37N5O3. The van der Waals surface area contributed by atoms with Crippen LogP contribution < -0.4 is 0 Å². The Morgan fingerprint density at radius 3 is 2.54 bits per heavy atom. The van der Waals surface area contributed by atoms with E-state index in [0.29, 0.717) is 45.8 Å². The Morgan fingerprint density at radius 2 is 1.81 bits per heavy atom. The first-order valence-electron chi connectivity index (χ1n) is 13.1. The molecule has 1 aromatic carbocycles. The van der Waals surface area contributed by atoms with E-state index >= 15 is 0 Å². The highest BCUT2D eigenvalue weighted by Gasteiger charge is 2.29. The molecule has 8 nitrogen and oxygen atoms in total. The monoisotopic (exact) mass is 503 g/mol. The van der Waals surface area contributed by atoms with Crippen molar-refractivity contribution in [1.82, 2.24) is 24.3 Å². The number of likely N-dealkylation sites (N-methyl/N-ethyl adjacent to an activating group) is 1. The van der Waals surface area contributed by atoms with Gasteiger partial charge in [-0.3, -0.25) is 14.5 Å². The van der Waals surface area contributed by atoms with Gasteiger partial charge in [0.05, 0.1) is 12.6 Å². The summed E-state index contributed by atoms with van der Waals surface area (Å²) in [6.07, 6.45) is 4.27. The number of rotatable bonds is 11. The Balaban J connectivity index is 1.48. The largest absolute Gasteiger partial charge is 0.365 e. The summed E-state index contributed by atoms with van der Waals surface area (Å²) in [5, 5.41) is 0. The number of amides is 2. The Kier molecular flexibility index (Phi) is 9.46. The number of hydrogen-bond donors (Lipinski definition) is 0. The van der Waals surface area contributed by atoms with E-state index in [4.69, 9.17) is 4.74 Å². The average Bonchev–Trinajstić information content (AvgIpc) is 3.32. The molecule has 0 radical (unpaired) electrons. The number of benzene rings is 1. The lowest BCUT2D eigenvalue weighted by Crippen LogP contribution is -2.41. The first-order chi connectivity index (χ1) is 18.1. The van der Waals surface area contributed by atoms with E-state index in [1.165, 1.54) is 5.56 Å². The second-order valence-corrected chi connectivity index (χ2v) is 9.30. The summed E-state index contributed by atoms with van der Waals surface area (Å²) in [6.45, 7) is 7.78. The number of nitrogens with zero attached hydrogens (tertiary/aromatic N) is 5. The third-order valence-corrected chi connectivity index (χ3v) is 6.78. The van der Waals surface area contributed by atoms with Gasteiger partial charge in [-0.05, 0) is 50.1 Å². The predicted octanol–water partition coefficient (Wildman–Crippen LogP) is 3.01. The summed E-state index contributed by atoms with van der Waals surface area (Å²) in [5.41, 5.74) is 2.24. The van der Waals surface area contributed by atoms with Gasteiger partial charge in [0.25, 0.3) is 0 Å². The molecule has 1 fully saturated rings. The van der Waals surface area contributed by atoms with Gasteiger partial charge in [-0.2, -0.15) is 0 Å². The van der Waals surface area contributed by atoms with Crippen LogP contribution in [0.3, 0.4) is 0 Å². The van der Waals surface area contributed by atoms with E-state index in [9.17, 15) is 9.59 Å². The maximum absolute atomic E-state index is 13.3. The van der Waals surface area contributed by atoms with Crippen LogP contribution in [0, 0.1) is 0 Å². The Labute approximate surface area is 219 Å². The van der Waals surface area contributed by atoms with Crippen LogP contribution in [0.4, 0.5) is 0 Å². The summed E-state index contributed by atoms with van der Waals surface area (Å²) in [6, 6.07) is 20.1. The van der Waals surface area contributed by atoms with Gasteiger partial charge in [-0.15, -0.1) is 0 Å². The smallest absolute Gasteiger partial charge is 0.248 e. The van der Waals surface area contributed by atoms with Crippen molar-refractivity contribution >= 4 is 11.8 Å². The molecule has 196 valence electrons. The second-order valence-electron chi connectivity index (χ2n) is 9.30. The van der Waals surface area contributed by atoms with Gasteiger partial charge in [0.15, 0.2) is 0 Å². The standard InChI is InChI=1S/C29H37N5O3/c1-3-32(4-2)29(36)23-37-26-20-31(19-25-13-10-17-34(25)27-14-8-9-16-30-27)22-28(35)33(21-26)18-15-24-11-6-5-7-12-24/h5-14,16-17,26H,3-4,15,18-23H2,1-2H3/t26-/m0/s1. The molecule has 0 saturated carbocycles. The SMILES string of the molecule is CCN(CC)C(=O)CO[C@H]1CN(Cc2cccn2-c2ccccn2)CC(=O)N(CCc2ccccc2)C1. The molecule has 0 bridgehead atoms. The van der Waals surface area contributed by atoms with Crippen LogP contribution in [0.5, 0.6) is 0 Å². The highest BCUT2D eigenvalue weighted by atomic mass is 16.5. The summed E-state index contributed by atoms with van der Waals surface area (Å²) >= 11 is 0. The van der Waals surface area contributed by atoms with E-state index < -0.39 is 0 Å². The van der Waals surface area contributed by atoms with Crippen LogP contribution in [0.15, 0.2) is 73.1 Å². The fourth-order valence-corrected chi connectivity index (χ4v) is 4.75. The summed E-state index contributed by atoms with van der Waals surface area (Å²) < 4.78 is 8.20. The second kappa shape index (κ2) is 13.2. The van der Waals surface area contributed by atoms with Crippen molar-refractivity contribution < 1.29 is 14.3 Å². The van der Waals surface area contributed by atoms with Crippen molar-refractivity contribution in [1.29, 1.82) is 0 Å². The van der Waals surface area contributed by atoms with Crippen LogP contribution in [-0.2, 0) is 27.3 Å². The van der Waals surface area contributed by atoms with Gasteiger partial charge < -0.3 is 19.1 Å². The normalized spacial score (nSPS) is 16.5. The molecule has 0 N–H and O–H groups in total. The Hall–Kier alpha value is -3.49. The van der Waals surface area contributed by atoms with Gasteiger partial charge in [0.2, 0.25) is 11.8 Å². The molecule has 1 atom stereocenters. The number of carbonyl (C=O) groups is 2. The molecule has 2 amide bonds. The topological polar surface area (TPSA) is 70.9 Å². The van der Waals surface area contributed by atoms with Crippen molar-refractivity contribution in [2.75, 3.05) is 45.9 Å². The number of ether oxygens (including phenoxy) is 1. The van der Waals surface area contributed by atoms with Crippen LogP contribution in [0.2, 0.25) is 0 Å². The Morgan fingerprint density at radius 1 is 1.03 bits per heavy atom. The van der Waals surface area contributed by atoms with E-state index in [1.54, 1.807) is 11.1 Å². The molecule has 3 heterocycles. The fraction of sp³-hybridized carbons (Fsp3) is 0.414. The minimum absolute atomic E-state index is 0.0191. The van der Waals surface area contributed by atoms with Gasteiger partial charge in [0, 0.05) is 57.4 Å². The van der Waals surface area contributed by atoms with Gasteiger partial charge in [-0.1, -0.05) is 36.4 Å². The van der Waals surface area contributed by atoms with Crippen LogP contribution in [-0.4, -0.2) is 88.0 Å².